The average molecular weight is 231 g/mol. The fourth-order valence-electron chi connectivity index (χ4n) is 1.23. The van der Waals surface area contributed by atoms with Gasteiger partial charge in [0.25, 0.3) is 0 Å². The van der Waals surface area contributed by atoms with E-state index in [1.165, 1.54) is 6.07 Å². The fraction of sp³-hybridized carbons (Fsp3) is 0.300. The quantitative estimate of drug-likeness (QED) is 0.850. The molecule has 0 atom stereocenters. The number of rotatable bonds is 2. The van der Waals surface area contributed by atoms with Crippen molar-refractivity contribution in [3.63, 3.8) is 0 Å². The standard InChI is InChI=1S/C10H8F3NO2/c1-16-8-5-6(2-3-14)4-7(9(8)15)10(11,12)13/h4-5,15H,2H2,1H3. The Labute approximate surface area is 89.7 Å². The number of benzene rings is 1. The molecule has 0 saturated carbocycles. The van der Waals surface area contributed by atoms with Crippen molar-refractivity contribution in [2.75, 3.05) is 7.11 Å². The summed E-state index contributed by atoms with van der Waals surface area (Å²) in [6, 6.07) is 3.67. The largest absolute Gasteiger partial charge is 0.504 e. The molecule has 0 fully saturated rings. The second-order valence-electron chi connectivity index (χ2n) is 3.03. The molecule has 3 nitrogen and oxygen atoms in total. The van der Waals surface area contributed by atoms with Gasteiger partial charge in [0, 0.05) is 0 Å². The monoisotopic (exact) mass is 231 g/mol. The van der Waals surface area contributed by atoms with E-state index in [0.29, 0.717) is 0 Å². The first kappa shape index (κ1) is 12.2. The van der Waals surface area contributed by atoms with Crippen LogP contribution in [0.2, 0.25) is 0 Å². The normalized spacial score (nSPS) is 10.9. The van der Waals surface area contributed by atoms with Gasteiger partial charge in [-0.3, -0.25) is 0 Å². The molecule has 0 radical (unpaired) electrons. The van der Waals surface area contributed by atoms with Crippen molar-refractivity contribution in [1.29, 1.82) is 5.26 Å². The molecule has 0 bridgehead atoms. The van der Waals surface area contributed by atoms with E-state index in [9.17, 15) is 18.3 Å². The fourth-order valence-corrected chi connectivity index (χ4v) is 1.23. The Morgan fingerprint density at radius 3 is 2.50 bits per heavy atom. The maximum absolute atomic E-state index is 12.5. The van der Waals surface area contributed by atoms with Crippen molar-refractivity contribution in [2.45, 2.75) is 12.6 Å². The highest BCUT2D eigenvalue weighted by Crippen LogP contribution is 2.41. The molecule has 0 aliphatic heterocycles. The first-order chi connectivity index (χ1) is 7.40. The Kier molecular flexibility index (Phi) is 3.28. The SMILES string of the molecule is COc1cc(CC#N)cc(C(F)(F)F)c1O. The lowest BCUT2D eigenvalue weighted by Crippen LogP contribution is -2.07. The van der Waals surface area contributed by atoms with Gasteiger partial charge in [-0.2, -0.15) is 18.4 Å². The molecule has 0 aliphatic rings. The summed E-state index contributed by atoms with van der Waals surface area (Å²) in [7, 11) is 1.14. The number of phenols is 1. The molecule has 0 saturated heterocycles. The zero-order valence-corrected chi connectivity index (χ0v) is 8.30. The van der Waals surface area contributed by atoms with Gasteiger partial charge >= 0.3 is 6.18 Å². The number of nitrogens with zero attached hydrogens (tertiary/aromatic N) is 1. The third kappa shape index (κ3) is 2.37. The average Bonchev–Trinajstić information content (AvgIpc) is 2.19. The van der Waals surface area contributed by atoms with Crippen LogP contribution >= 0.6 is 0 Å². The lowest BCUT2D eigenvalue weighted by molar-refractivity contribution is -0.138. The number of hydrogen-bond acceptors (Lipinski definition) is 3. The molecule has 1 rings (SSSR count). The van der Waals surface area contributed by atoms with E-state index in [4.69, 9.17) is 5.26 Å². The predicted molar refractivity (Wildman–Crippen MR) is 49.0 cm³/mol. The number of nitriles is 1. The Morgan fingerprint density at radius 1 is 1.44 bits per heavy atom. The van der Waals surface area contributed by atoms with Crippen LogP contribution in [0.1, 0.15) is 11.1 Å². The summed E-state index contributed by atoms with van der Waals surface area (Å²) in [5.41, 5.74) is -1.05. The Hall–Kier alpha value is -1.90. The minimum Gasteiger partial charge on any atom is -0.504 e. The van der Waals surface area contributed by atoms with Crippen LogP contribution in [0.15, 0.2) is 12.1 Å². The molecule has 0 unspecified atom stereocenters. The number of alkyl halides is 3. The molecule has 0 spiro atoms. The van der Waals surface area contributed by atoms with E-state index in [0.717, 1.165) is 13.2 Å². The van der Waals surface area contributed by atoms with Gasteiger partial charge in [-0.1, -0.05) is 0 Å². The Bertz CT molecular complexity index is 435. The maximum atomic E-state index is 12.5. The number of hydrogen-bond donors (Lipinski definition) is 1. The smallest absolute Gasteiger partial charge is 0.420 e. The molecular weight excluding hydrogens is 223 g/mol. The first-order valence-corrected chi connectivity index (χ1v) is 4.24. The van der Waals surface area contributed by atoms with Crippen molar-refractivity contribution >= 4 is 0 Å². The maximum Gasteiger partial charge on any atom is 0.420 e. The van der Waals surface area contributed by atoms with Crippen LogP contribution in [0.5, 0.6) is 11.5 Å². The van der Waals surface area contributed by atoms with Gasteiger partial charge in [-0.15, -0.1) is 0 Å². The van der Waals surface area contributed by atoms with E-state index in [-0.39, 0.29) is 17.7 Å². The predicted octanol–water partition coefficient (Wildman–Crippen LogP) is 2.49. The lowest BCUT2D eigenvalue weighted by atomic mass is 10.1. The molecular formula is C10H8F3NO2. The molecule has 1 aromatic rings. The topological polar surface area (TPSA) is 53.2 Å². The van der Waals surface area contributed by atoms with Gasteiger partial charge in [0.15, 0.2) is 11.5 Å². The van der Waals surface area contributed by atoms with Crippen LogP contribution in [0.25, 0.3) is 0 Å². The highest BCUT2D eigenvalue weighted by molar-refractivity contribution is 5.50. The van der Waals surface area contributed by atoms with Crippen LogP contribution in [0, 0.1) is 11.3 Å². The molecule has 1 aromatic carbocycles. The molecule has 86 valence electrons. The highest BCUT2D eigenvalue weighted by Gasteiger charge is 2.35. The summed E-state index contributed by atoms with van der Waals surface area (Å²) in [5, 5.41) is 17.7. The van der Waals surface area contributed by atoms with Crippen LogP contribution in [0.4, 0.5) is 13.2 Å². The van der Waals surface area contributed by atoms with E-state index in [2.05, 4.69) is 4.74 Å². The summed E-state index contributed by atoms with van der Waals surface area (Å²) in [5.74, 6) is -1.25. The summed E-state index contributed by atoms with van der Waals surface area (Å²) >= 11 is 0. The second kappa shape index (κ2) is 4.31. The van der Waals surface area contributed by atoms with Crippen molar-refractivity contribution in [3.05, 3.63) is 23.3 Å². The molecule has 16 heavy (non-hydrogen) atoms. The van der Waals surface area contributed by atoms with Gasteiger partial charge < -0.3 is 9.84 Å². The van der Waals surface area contributed by atoms with E-state index in [1.54, 1.807) is 6.07 Å². The van der Waals surface area contributed by atoms with E-state index < -0.39 is 17.5 Å². The van der Waals surface area contributed by atoms with E-state index >= 15 is 0 Å². The summed E-state index contributed by atoms with van der Waals surface area (Å²) in [6.07, 6.45) is -4.86. The summed E-state index contributed by atoms with van der Waals surface area (Å²) < 4.78 is 42.1. The van der Waals surface area contributed by atoms with Crippen LogP contribution in [0.3, 0.4) is 0 Å². The summed E-state index contributed by atoms with van der Waals surface area (Å²) in [6.45, 7) is 0. The van der Waals surface area contributed by atoms with Crippen LogP contribution in [-0.4, -0.2) is 12.2 Å². The second-order valence-corrected chi connectivity index (χ2v) is 3.03. The zero-order valence-electron chi connectivity index (χ0n) is 8.30. The van der Waals surface area contributed by atoms with Crippen LogP contribution in [-0.2, 0) is 12.6 Å². The number of halogens is 3. The van der Waals surface area contributed by atoms with Crippen LogP contribution < -0.4 is 4.74 Å². The Balaban J connectivity index is 3.37. The molecule has 6 heteroatoms. The minimum atomic E-state index is -4.68. The molecule has 0 heterocycles. The number of methoxy groups -OCH3 is 1. The third-order valence-corrected chi connectivity index (χ3v) is 1.94. The molecule has 0 aliphatic carbocycles. The first-order valence-electron chi connectivity index (χ1n) is 4.24. The molecule has 0 amide bonds. The molecule has 1 N–H and O–H groups in total. The summed E-state index contributed by atoms with van der Waals surface area (Å²) in [4.78, 5) is 0. The third-order valence-electron chi connectivity index (χ3n) is 1.94. The van der Waals surface area contributed by atoms with Crippen molar-refractivity contribution in [1.82, 2.24) is 0 Å². The number of aromatic hydroxyl groups is 1. The minimum absolute atomic E-state index is 0.143. The van der Waals surface area contributed by atoms with Gasteiger partial charge in [0.2, 0.25) is 0 Å². The van der Waals surface area contributed by atoms with Crippen molar-refractivity contribution < 1.29 is 23.0 Å². The number of ether oxygens (including phenoxy) is 1. The highest BCUT2D eigenvalue weighted by atomic mass is 19.4. The van der Waals surface area contributed by atoms with Gasteiger partial charge in [-0.05, 0) is 17.7 Å². The number of phenolic OH excluding ortho intramolecular Hbond substituents is 1. The Morgan fingerprint density at radius 2 is 2.06 bits per heavy atom. The zero-order chi connectivity index (χ0) is 12.3. The van der Waals surface area contributed by atoms with Crippen molar-refractivity contribution in [3.8, 4) is 17.6 Å². The van der Waals surface area contributed by atoms with E-state index in [1.807, 2.05) is 0 Å². The molecule has 0 aromatic heterocycles. The van der Waals surface area contributed by atoms with Gasteiger partial charge in [0.1, 0.15) is 5.56 Å². The lowest BCUT2D eigenvalue weighted by Gasteiger charge is -2.13. The van der Waals surface area contributed by atoms with Gasteiger partial charge in [0.05, 0.1) is 19.6 Å². The van der Waals surface area contributed by atoms with Crippen molar-refractivity contribution in [2.24, 2.45) is 0 Å². The van der Waals surface area contributed by atoms with Gasteiger partial charge in [-0.25, -0.2) is 0 Å².